The van der Waals surface area contributed by atoms with E-state index in [9.17, 15) is 9.59 Å². The normalized spacial score (nSPS) is 27.4. The van der Waals surface area contributed by atoms with Crippen LogP contribution in [0.15, 0.2) is 24.3 Å². The minimum absolute atomic E-state index is 0.0575. The molecule has 0 aliphatic carbocycles. The zero-order chi connectivity index (χ0) is 15.0. The van der Waals surface area contributed by atoms with Crippen molar-refractivity contribution >= 4 is 17.5 Å². The van der Waals surface area contributed by atoms with Gasteiger partial charge in [-0.15, -0.1) is 0 Å². The zero-order valence-corrected chi connectivity index (χ0v) is 12.7. The highest BCUT2D eigenvalue weighted by atomic mass is 16.2. The average molecular weight is 286 g/mol. The first-order valence-electron chi connectivity index (χ1n) is 7.74. The molecule has 0 saturated carbocycles. The molecule has 21 heavy (non-hydrogen) atoms. The van der Waals surface area contributed by atoms with Crippen molar-refractivity contribution in [2.75, 3.05) is 18.0 Å². The van der Waals surface area contributed by atoms with Crippen LogP contribution in [0.2, 0.25) is 0 Å². The quantitative estimate of drug-likeness (QED) is 0.784. The number of likely N-dealkylation sites (tertiary alicyclic amines) is 1. The van der Waals surface area contributed by atoms with Gasteiger partial charge in [0.05, 0.1) is 18.2 Å². The monoisotopic (exact) mass is 286 g/mol. The number of nitrogens with zero attached hydrogens (tertiary/aromatic N) is 2. The van der Waals surface area contributed by atoms with Crippen molar-refractivity contribution in [2.45, 2.75) is 39.2 Å². The van der Waals surface area contributed by atoms with E-state index in [2.05, 4.69) is 11.8 Å². The van der Waals surface area contributed by atoms with E-state index >= 15 is 0 Å². The number of carbonyl (C=O) groups excluding carboxylic acids is 2. The molecule has 1 aromatic rings. The van der Waals surface area contributed by atoms with E-state index in [-0.39, 0.29) is 17.9 Å². The van der Waals surface area contributed by atoms with Gasteiger partial charge in [0, 0.05) is 6.54 Å². The van der Waals surface area contributed by atoms with E-state index in [1.54, 1.807) is 0 Å². The Morgan fingerprint density at radius 1 is 1.14 bits per heavy atom. The highest BCUT2D eigenvalue weighted by Crippen LogP contribution is 2.28. The number of imide groups is 1. The number of benzene rings is 1. The van der Waals surface area contributed by atoms with E-state index in [1.807, 2.05) is 31.2 Å². The fraction of sp³-hybridized carbons (Fsp3) is 0.529. The molecule has 0 bridgehead atoms. The number of aryl methyl sites for hydroxylation is 1. The van der Waals surface area contributed by atoms with E-state index in [4.69, 9.17) is 0 Å². The summed E-state index contributed by atoms with van der Waals surface area (Å²) in [5.41, 5.74) is 1.82. The smallest absolute Gasteiger partial charge is 0.251 e. The minimum atomic E-state index is -0.262. The van der Waals surface area contributed by atoms with Crippen molar-refractivity contribution in [3.63, 3.8) is 0 Å². The molecule has 2 aliphatic rings. The van der Waals surface area contributed by atoms with Gasteiger partial charge in [0.15, 0.2) is 0 Å². The second-order valence-electron chi connectivity index (χ2n) is 6.37. The fourth-order valence-corrected chi connectivity index (χ4v) is 3.38. The fourth-order valence-electron chi connectivity index (χ4n) is 3.38. The van der Waals surface area contributed by atoms with Crippen molar-refractivity contribution in [1.29, 1.82) is 0 Å². The molecular weight excluding hydrogens is 264 g/mol. The van der Waals surface area contributed by atoms with E-state index in [0.717, 1.165) is 25.1 Å². The van der Waals surface area contributed by atoms with Crippen LogP contribution < -0.4 is 4.90 Å². The van der Waals surface area contributed by atoms with E-state index < -0.39 is 0 Å². The molecule has 3 rings (SSSR count). The zero-order valence-electron chi connectivity index (χ0n) is 12.7. The van der Waals surface area contributed by atoms with Crippen molar-refractivity contribution in [1.82, 2.24) is 4.90 Å². The SMILES string of the molecule is Cc1ccc(N2C(=O)C[C@H](N3CCC[C@@H](C)C3)C2=O)cc1. The van der Waals surface area contributed by atoms with E-state index in [0.29, 0.717) is 18.0 Å². The lowest BCUT2D eigenvalue weighted by atomic mass is 9.98. The van der Waals surface area contributed by atoms with Crippen LogP contribution in [0.1, 0.15) is 31.7 Å². The Morgan fingerprint density at radius 3 is 2.52 bits per heavy atom. The van der Waals surface area contributed by atoms with Gasteiger partial charge in [0.25, 0.3) is 5.91 Å². The summed E-state index contributed by atoms with van der Waals surface area (Å²) in [5.74, 6) is 0.472. The van der Waals surface area contributed by atoms with Crippen LogP contribution >= 0.6 is 0 Å². The lowest BCUT2D eigenvalue weighted by molar-refractivity contribution is -0.123. The predicted octanol–water partition coefficient (Wildman–Crippen LogP) is 2.36. The Labute approximate surface area is 125 Å². The molecule has 2 saturated heterocycles. The molecule has 0 unspecified atom stereocenters. The summed E-state index contributed by atoms with van der Waals surface area (Å²) >= 11 is 0. The third-order valence-corrected chi connectivity index (χ3v) is 4.54. The average Bonchev–Trinajstić information content (AvgIpc) is 2.75. The molecule has 2 atom stereocenters. The molecule has 2 fully saturated rings. The second kappa shape index (κ2) is 5.60. The van der Waals surface area contributed by atoms with Gasteiger partial charge in [-0.25, -0.2) is 4.90 Å². The number of rotatable bonds is 2. The number of hydrogen-bond donors (Lipinski definition) is 0. The van der Waals surface area contributed by atoms with Crippen LogP contribution in [-0.2, 0) is 9.59 Å². The van der Waals surface area contributed by atoms with Crippen molar-refractivity contribution in [2.24, 2.45) is 5.92 Å². The van der Waals surface area contributed by atoms with Gasteiger partial charge in [-0.3, -0.25) is 14.5 Å². The number of piperidine rings is 1. The molecule has 0 radical (unpaired) electrons. The Balaban J connectivity index is 1.80. The molecule has 4 nitrogen and oxygen atoms in total. The lowest BCUT2D eigenvalue weighted by Crippen LogP contribution is -2.46. The second-order valence-corrected chi connectivity index (χ2v) is 6.37. The standard InChI is InChI=1S/C17H22N2O2/c1-12-5-7-14(8-6-12)19-16(20)10-15(17(19)21)18-9-3-4-13(2)11-18/h5-8,13,15H,3-4,9-11H2,1-2H3/t13-,15+/m1/s1. The maximum absolute atomic E-state index is 12.7. The lowest BCUT2D eigenvalue weighted by Gasteiger charge is -2.34. The molecule has 112 valence electrons. The summed E-state index contributed by atoms with van der Waals surface area (Å²) in [6.45, 7) is 6.06. The maximum Gasteiger partial charge on any atom is 0.251 e. The van der Waals surface area contributed by atoms with Crippen LogP contribution in [0.25, 0.3) is 0 Å². The Hall–Kier alpha value is -1.68. The largest absolute Gasteiger partial charge is 0.291 e. The van der Waals surface area contributed by atoms with Crippen LogP contribution in [0.5, 0.6) is 0 Å². The number of hydrogen-bond acceptors (Lipinski definition) is 3. The van der Waals surface area contributed by atoms with Gasteiger partial charge in [-0.2, -0.15) is 0 Å². The summed E-state index contributed by atoms with van der Waals surface area (Å²) in [6, 6.07) is 7.32. The maximum atomic E-state index is 12.7. The highest BCUT2D eigenvalue weighted by Gasteiger charge is 2.43. The molecule has 4 heteroatoms. The van der Waals surface area contributed by atoms with Gasteiger partial charge in [0.2, 0.25) is 5.91 Å². The molecule has 0 N–H and O–H groups in total. The van der Waals surface area contributed by atoms with Gasteiger partial charge in [-0.1, -0.05) is 24.6 Å². The highest BCUT2D eigenvalue weighted by molar-refractivity contribution is 6.22. The Kier molecular flexibility index (Phi) is 3.81. The third-order valence-electron chi connectivity index (χ3n) is 4.54. The van der Waals surface area contributed by atoms with E-state index in [1.165, 1.54) is 11.3 Å². The topological polar surface area (TPSA) is 40.6 Å². The summed E-state index contributed by atoms with van der Waals surface area (Å²) < 4.78 is 0. The number of carbonyl (C=O) groups is 2. The van der Waals surface area contributed by atoms with Gasteiger partial charge in [-0.05, 0) is 44.4 Å². The molecule has 0 aromatic heterocycles. The van der Waals surface area contributed by atoms with Crippen molar-refractivity contribution in [3.8, 4) is 0 Å². The molecule has 1 aromatic carbocycles. The summed E-state index contributed by atoms with van der Waals surface area (Å²) in [7, 11) is 0. The van der Waals surface area contributed by atoms with Gasteiger partial charge in [0.1, 0.15) is 0 Å². The first-order valence-corrected chi connectivity index (χ1v) is 7.74. The summed E-state index contributed by atoms with van der Waals surface area (Å²) in [4.78, 5) is 28.5. The summed E-state index contributed by atoms with van der Waals surface area (Å²) in [5, 5.41) is 0. The minimum Gasteiger partial charge on any atom is -0.291 e. The van der Waals surface area contributed by atoms with Gasteiger partial charge >= 0.3 is 0 Å². The summed E-state index contributed by atoms with van der Waals surface area (Å²) in [6.07, 6.45) is 2.65. The third kappa shape index (κ3) is 2.72. The van der Waals surface area contributed by atoms with Crippen LogP contribution in [0.3, 0.4) is 0 Å². The van der Waals surface area contributed by atoms with Gasteiger partial charge < -0.3 is 0 Å². The Bertz CT molecular complexity index is 552. The van der Waals surface area contributed by atoms with Crippen LogP contribution in [0, 0.1) is 12.8 Å². The van der Waals surface area contributed by atoms with Crippen molar-refractivity contribution in [3.05, 3.63) is 29.8 Å². The molecule has 2 heterocycles. The first-order chi connectivity index (χ1) is 10.1. The van der Waals surface area contributed by atoms with Crippen LogP contribution in [-0.4, -0.2) is 35.8 Å². The molecule has 2 amide bonds. The van der Waals surface area contributed by atoms with Crippen molar-refractivity contribution < 1.29 is 9.59 Å². The molecular formula is C17H22N2O2. The predicted molar refractivity (Wildman–Crippen MR) is 82.0 cm³/mol. The Morgan fingerprint density at radius 2 is 1.86 bits per heavy atom. The van der Waals surface area contributed by atoms with Crippen LogP contribution in [0.4, 0.5) is 5.69 Å². The number of amides is 2. The molecule has 2 aliphatic heterocycles. The number of anilines is 1. The molecule has 0 spiro atoms. The first kappa shape index (κ1) is 14.3.